The maximum Gasteiger partial charge on any atom is 0.418 e. The summed E-state index contributed by atoms with van der Waals surface area (Å²) in [7, 11) is 3.14. The Kier molecular flexibility index (Phi) is 5.33. The predicted octanol–water partition coefficient (Wildman–Crippen LogP) is 4.89. The average Bonchev–Trinajstić information content (AvgIpc) is 3.33. The lowest BCUT2D eigenvalue weighted by Crippen LogP contribution is -2.10. The number of methoxy groups -OCH3 is 1. The quantitative estimate of drug-likeness (QED) is 0.442. The van der Waals surface area contributed by atoms with Crippen molar-refractivity contribution in [2.45, 2.75) is 13.1 Å². The Bertz CT molecular complexity index is 1280. The molecule has 2 heterocycles. The maximum atomic E-state index is 13.4. The zero-order valence-corrected chi connectivity index (χ0v) is 17.3. The molecular formula is C21H18F4N6O. The Hall–Kier alpha value is -3.89. The smallest absolute Gasteiger partial charge is 0.418 e. The molecule has 2 aromatic heterocycles. The van der Waals surface area contributed by atoms with Gasteiger partial charge in [0.1, 0.15) is 11.6 Å². The Labute approximate surface area is 180 Å². The first-order valence-corrected chi connectivity index (χ1v) is 9.40. The van der Waals surface area contributed by atoms with Crippen LogP contribution < -0.4 is 10.1 Å². The van der Waals surface area contributed by atoms with E-state index in [9.17, 15) is 17.6 Å². The second-order valence-electron chi connectivity index (χ2n) is 7.00. The van der Waals surface area contributed by atoms with E-state index < -0.39 is 17.6 Å². The molecule has 166 valence electrons. The van der Waals surface area contributed by atoms with E-state index in [1.165, 1.54) is 11.8 Å². The van der Waals surface area contributed by atoms with Crippen LogP contribution in [0.2, 0.25) is 0 Å². The average molecular weight is 446 g/mol. The molecular weight excluding hydrogens is 428 g/mol. The molecule has 0 aliphatic heterocycles. The first-order chi connectivity index (χ1) is 15.2. The summed E-state index contributed by atoms with van der Waals surface area (Å²) in [5, 5.41) is 6.68. The number of anilines is 2. The molecule has 7 nitrogen and oxygen atoms in total. The number of alkyl halides is 3. The third kappa shape index (κ3) is 4.13. The number of ether oxygens (including phenoxy) is 1. The van der Waals surface area contributed by atoms with E-state index in [4.69, 9.17) is 4.74 Å². The number of benzene rings is 2. The van der Waals surface area contributed by atoms with Crippen LogP contribution in [0, 0.1) is 12.7 Å². The van der Waals surface area contributed by atoms with Crippen LogP contribution in [0.3, 0.4) is 0 Å². The highest BCUT2D eigenvalue weighted by Crippen LogP contribution is 2.36. The minimum Gasteiger partial charge on any atom is -0.495 e. The van der Waals surface area contributed by atoms with Crippen molar-refractivity contribution in [1.82, 2.24) is 24.3 Å². The molecule has 0 aliphatic carbocycles. The zero-order valence-electron chi connectivity index (χ0n) is 17.3. The minimum absolute atomic E-state index is 0.0621. The van der Waals surface area contributed by atoms with Crippen molar-refractivity contribution in [1.29, 1.82) is 0 Å². The highest BCUT2D eigenvalue weighted by molar-refractivity contribution is 5.66. The second-order valence-corrected chi connectivity index (χ2v) is 7.00. The number of hydrogen-bond acceptors (Lipinski definition) is 5. The molecule has 11 heteroatoms. The summed E-state index contributed by atoms with van der Waals surface area (Å²) in [5.74, 6) is -0.101. The fourth-order valence-corrected chi connectivity index (χ4v) is 3.25. The number of aryl methyl sites for hydroxylation is 2. The summed E-state index contributed by atoms with van der Waals surface area (Å²) in [6.45, 7) is 1.87. The summed E-state index contributed by atoms with van der Waals surface area (Å²) >= 11 is 0. The van der Waals surface area contributed by atoms with E-state index in [0.29, 0.717) is 23.2 Å². The largest absolute Gasteiger partial charge is 0.495 e. The predicted molar refractivity (Wildman–Crippen MR) is 110 cm³/mol. The van der Waals surface area contributed by atoms with Gasteiger partial charge in [-0.1, -0.05) is 0 Å². The van der Waals surface area contributed by atoms with E-state index in [1.54, 1.807) is 25.5 Å². The molecule has 0 aliphatic rings. The highest BCUT2D eigenvalue weighted by Gasteiger charge is 2.34. The summed E-state index contributed by atoms with van der Waals surface area (Å²) in [4.78, 5) is 8.51. The Morgan fingerprint density at radius 1 is 1.09 bits per heavy atom. The normalized spacial score (nSPS) is 11.6. The van der Waals surface area contributed by atoms with Crippen LogP contribution >= 0.6 is 0 Å². The van der Waals surface area contributed by atoms with Crippen molar-refractivity contribution in [2.24, 2.45) is 7.05 Å². The van der Waals surface area contributed by atoms with Gasteiger partial charge in [-0.15, -0.1) is 5.10 Å². The summed E-state index contributed by atoms with van der Waals surface area (Å²) in [5.41, 5.74) is 0.755. The molecule has 0 saturated carbocycles. The lowest BCUT2D eigenvalue weighted by Gasteiger charge is -2.12. The molecule has 0 bridgehead atoms. The van der Waals surface area contributed by atoms with Crippen molar-refractivity contribution in [3.63, 3.8) is 0 Å². The van der Waals surface area contributed by atoms with Crippen molar-refractivity contribution in [3.05, 3.63) is 66.0 Å². The molecule has 0 atom stereocenters. The van der Waals surface area contributed by atoms with Gasteiger partial charge in [-0.2, -0.15) is 18.2 Å². The lowest BCUT2D eigenvalue weighted by atomic mass is 10.1. The topological polar surface area (TPSA) is 69.8 Å². The van der Waals surface area contributed by atoms with Gasteiger partial charge in [0.2, 0.25) is 5.95 Å². The number of imidazole rings is 1. The molecule has 0 amide bonds. The lowest BCUT2D eigenvalue weighted by molar-refractivity contribution is -0.137. The molecule has 0 radical (unpaired) electrons. The van der Waals surface area contributed by atoms with Crippen LogP contribution in [0.1, 0.15) is 11.3 Å². The standard InChI is InChI=1S/C21H18F4N6O/c1-12-10-31(11-26-12)17-7-4-13(8-18(17)32-3)19-28-20(29-30(19)2)27-16-6-5-14(22)9-15(16)21(23,24)25/h4-11H,1-3H3,(H,27,29). The maximum absolute atomic E-state index is 13.4. The molecule has 4 aromatic rings. The zero-order chi connectivity index (χ0) is 23.0. The van der Waals surface area contributed by atoms with Crippen molar-refractivity contribution in [3.8, 4) is 22.8 Å². The number of halogens is 4. The third-order valence-corrected chi connectivity index (χ3v) is 4.72. The van der Waals surface area contributed by atoms with E-state index in [1.807, 2.05) is 23.8 Å². The molecule has 32 heavy (non-hydrogen) atoms. The van der Waals surface area contributed by atoms with E-state index in [2.05, 4.69) is 20.4 Å². The molecule has 0 fully saturated rings. The number of hydrogen-bond donors (Lipinski definition) is 1. The molecule has 0 spiro atoms. The number of aromatic nitrogens is 5. The molecule has 4 rings (SSSR count). The van der Waals surface area contributed by atoms with E-state index in [-0.39, 0.29) is 11.6 Å². The van der Waals surface area contributed by atoms with Crippen LogP contribution in [0.4, 0.5) is 29.2 Å². The monoisotopic (exact) mass is 446 g/mol. The van der Waals surface area contributed by atoms with Gasteiger partial charge in [0, 0.05) is 18.8 Å². The third-order valence-electron chi connectivity index (χ3n) is 4.72. The number of nitrogens with zero attached hydrogens (tertiary/aromatic N) is 5. The van der Waals surface area contributed by atoms with Crippen LogP contribution in [-0.4, -0.2) is 31.4 Å². The first kappa shape index (κ1) is 21.3. The fraction of sp³-hybridized carbons (Fsp3) is 0.190. The van der Waals surface area contributed by atoms with Crippen LogP contribution in [0.25, 0.3) is 17.1 Å². The Balaban J connectivity index is 1.68. The summed E-state index contributed by atoms with van der Waals surface area (Å²) in [6, 6.07) is 7.71. The van der Waals surface area contributed by atoms with Crippen LogP contribution in [-0.2, 0) is 13.2 Å². The number of rotatable bonds is 5. The molecule has 2 aromatic carbocycles. The summed E-state index contributed by atoms with van der Waals surface area (Å²) in [6.07, 6.45) is -1.22. The molecule has 0 saturated heterocycles. The second kappa shape index (κ2) is 7.98. The SMILES string of the molecule is COc1cc(-c2nc(Nc3ccc(F)cc3C(F)(F)F)nn2C)ccc1-n1cnc(C)c1. The minimum atomic E-state index is -4.74. The van der Waals surface area contributed by atoms with Gasteiger partial charge in [0.05, 0.1) is 36.1 Å². The van der Waals surface area contributed by atoms with Gasteiger partial charge in [-0.3, -0.25) is 0 Å². The van der Waals surface area contributed by atoms with Crippen molar-refractivity contribution >= 4 is 11.6 Å². The first-order valence-electron chi connectivity index (χ1n) is 9.40. The van der Waals surface area contributed by atoms with Gasteiger partial charge in [0.25, 0.3) is 0 Å². The van der Waals surface area contributed by atoms with Gasteiger partial charge in [0.15, 0.2) is 5.82 Å². The number of nitrogens with one attached hydrogen (secondary N) is 1. The van der Waals surface area contributed by atoms with Crippen molar-refractivity contribution in [2.75, 3.05) is 12.4 Å². The molecule has 0 unspecified atom stereocenters. The fourth-order valence-electron chi connectivity index (χ4n) is 3.25. The summed E-state index contributed by atoms with van der Waals surface area (Å²) < 4.78 is 61.9. The molecule has 1 N–H and O–H groups in total. The van der Waals surface area contributed by atoms with Gasteiger partial charge < -0.3 is 14.6 Å². The van der Waals surface area contributed by atoms with Crippen LogP contribution in [0.15, 0.2) is 48.9 Å². The van der Waals surface area contributed by atoms with E-state index in [0.717, 1.165) is 23.5 Å². The Morgan fingerprint density at radius 2 is 1.88 bits per heavy atom. The van der Waals surface area contributed by atoms with Gasteiger partial charge in [-0.25, -0.2) is 14.1 Å². The van der Waals surface area contributed by atoms with Crippen LogP contribution in [0.5, 0.6) is 5.75 Å². The van der Waals surface area contributed by atoms with Crippen molar-refractivity contribution < 1.29 is 22.3 Å². The van der Waals surface area contributed by atoms with E-state index >= 15 is 0 Å². The van der Waals surface area contributed by atoms with Gasteiger partial charge >= 0.3 is 6.18 Å². The Morgan fingerprint density at radius 3 is 2.53 bits per heavy atom. The highest BCUT2D eigenvalue weighted by atomic mass is 19.4. The van der Waals surface area contributed by atoms with Gasteiger partial charge in [-0.05, 0) is 43.3 Å².